The molecular weight excluding hydrogens is 234 g/mol. The molecule has 0 aliphatic carbocycles. The number of hydrogen-bond donors (Lipinski definition) is 1. The van der Waals surface area contributed by atoms with Gasteiger partial charge >= 0.3 is 5.97 Å². The lowest BCUT2D eigenvalue weighted by Gasteiger charge is -2.13. The van der Waals surface area contributed by atoms with Gasteiger partial charge in [-0.2, -0.15) is 0 Å². The fraction of sp³-hybridized carbons (Fsp3) is 0.154. The van der Waals surface area contributed by atoms with Crippen LogP contribution in [0.4, 0.5) is 0 Å². The average Bonchev–Trinajstić information content (AvgIpc) is 2.54. The number of carbonyl (C=O) groups excluding carboxylic acids is 2. The zero-order valence-corrected chi connectivity index (χ0v) is 9.71. The summed E-state index contributed by atoms with van der Waals surface area (Å²) < 4.78 is 0. The summed E-state index contributed by atoms with van der Waals surface area (Å²) in [5.41, 5.74) is 1.17. The van der Waals surface area contributed by atoms with Crippen molar-refractivity contribution in [3.8, 4) is 0 Å². The van der Waals surface area contributed by atoms with Crippen molar-refractivity contribution in [1.29, 1.82) is 0 Å². The monoisotopic (exact) mass is 245 g/mol. The first-order valence-electron chi connectivity index (χ1n) is 5.36. The molecule has 1 aromatic carbocycles. The van der Waals surface area contributed by atoms with Gasteiger partial charge in [-0.15, -0.1) is 0 Å². The van der Waals surface area contributed by atoms with E-state index in [2.05, 4.69) is 0 Å². The largest absolute Gasteiger partial charge is 0.478 e. The molecule has 0 saturated heterocycles. The quantitative estimate of drug-likeness (QED) is 0.643. The predicted molar refractivity (Wildman–Crippen MR) is 63.2 cm³/mol. The van der Waals surface area contributed by atoms with Crippen molar-refractivity contribution in [1.82, 2.24) is 4.90 Å². The Morgan fingerprint density at radius 2 is 1.72 bits per heavy atom. The first-order chi connectivity index (χ1) is 8.50. The number of fused-ring (bicyclic) bond motifs is 1. The van der Waals surface area contributed by atoms with Crippen molar-refractivity contribution in [3.63, 3.8) is 0 Å². The molecule has 0 fully saturated rings. The van der Waals surface area contributed by atoms with E-state index >= 15 is 0 Å². The molecule has 0 aromatic heterocycles. The lowest BCUT2D eigenvalue weighted by molar-refractivity contribution is -0.131. The third kappa shape index (κ3) is 2.02. The Morgan fingerprint density at radius 3 is 2.17 bits per heavy atom. The Morgan fingerprint density at radius 1 is 1.22 bits per heavy atom. The molecular formula is C13H11NO4. The van der Waals surface area contributed by atoms with Gasteiger partial charge in [0.1, 0.15) is 0 Å². The fourth-order valence-corrected chi connectivity index (χ4v) is 1.89. The maximum Gasteiger partial charge on any atom is 0.328 e. The number of carboxylic acid groups (broad SMARTS) is 1. The molecule has 1 aromatic rings. The Hall–Kier alpha value is -2.43. The van der Waals surface area contributed by atoms with Crippen LogP contribution in [0.1, 0.15) is 27.6 Å². The summed E-state index contributed by atoms with van der Waals surface area (Å²) in [6.07, 6.45) is 0.990. The molecule has 1 N–H and O–H groups in total. The lowest BCUT2D eigenvalue weighted by Crippen LogP contribution is -2.31. The Kier molecular flexibility index (Phi) is 2.97. The molecule has 5 heteroatoms. The van der Waals surface area contributed by atoms with Gasteiger partial charge in [-0.1, -0.05) is 12.1 Å². The molecule has 2 amide bonds. The van der Waals surface area contributed by atoms with Crippen molar-refractivity contribution < 1.29 is 19.5 Å². The summed E-state index contributed by atoms with van der Waals surface area (Å²) in [5.74, 6) is -1.86. The Balaban J connectivity index is 2.27. The van der Waals surface area contributed by atoms with Crippen LogP contribution in [0.3, 0.4) is 0 Å². The van der Waals surface area contributed by atoms with E-state index in [1.54, 1.807) is 31.2 Å². The second-order valence-corrected chi connectivity index (χ2v) is 4.07. The number of amides is 2. The van der Waals surface area contributed by atoms with Crippen molar-refractivity contribution in [2.45, 2.75) is 6.92 Å². The maximum absolute atomic E-state index is 12.0. The molecule has 1 heterocycles. The molecule has 0 atom stereocenters. The number of benzene rings is 1. The van der Waals surface area contributed by atoms with E-state index in [0.717, 1.165) is 11.0 Å². The average molecular weight is 245 g/mol. The van der Waals surface area contributed by atoms with E-state index in [9.17, 15) is 14.4 Å². The fourth-order valence-electron chi connectivity index (χ4n) is 1.89. The standard InChI is InChI=1S/C13H11NO4/c1-8(6-11(15)16)7-14-12(17)9-4-2-3-5-10(9)13(14)18/h2-6H,7H2,1H3,(H,15,16). The normalized spacial score (nSPS) is 14.9. The summed E-state index contributed by atoms with van der Waals surface area (Å²) in [5, 5.41) is 8.60. The summed E-state index contributed by atoms with van der Waals surface area (Å²) in [6.45, 7) is 1.57. The topological polar surface area (TPSA) is 74.7 Å². The van der Waals surface area contributed by atoms with Gasteiger partial charge in [-0.05, 0) is 24.6 Å². The van der Waals surface area contributed by atoms with Crippen molar-refractivity contribution >= 4 is 17.8 Å². The SMILES string of the molecule is CC(=CC(=O)O)CN1C(=O)c2ccccc2C1=O. The number of carboxylic acids is 1. The second-order valence-electron chi connectivity index (χ2n) is 4.07. The number of imide groups is 1. The minimum Gasteiger partial charge on any atom is -0.478 e. The van der Waals surface area contributed by atoms with E-state index in [1.165, 1.54) is 0 Å². The highest BCUT2D eigenvalue weighted by Gasteiger charge is 2.34. The first kappa shape index (κ1) is 12.0. The highest BCUT2D eigenvalue weighted by Crippen LogP contribution is 2.22. The minimum atomic E-state index is -1.09. The van der Waals surface area contributed by atoms with Crippen molar-refractivity contribution in [3.05, 3.63) is 47.0 Å². The summed E-state index contributed by atoms with van der Waals surface area (Å²) in [4.78, 5) is 35.5. The van der Waals surface area contributed by atoms with E-state index in [1.807, 2.05) is 0 Å². The third-order valence-electron chi connectivity index (χ3n) is 2.66. The summed E-state index contributed by atoms with van der Waals surface area (Å²) in [6, 6.07) is 6.55. The molecule has 0 radical (unpaired) electrons. The summed E-state index contributed by atoms with van der Waals surface area (Å²) >= 11 is 0. The Labute approximate surface area is 103 Å². The van der Waals surface area contributed by atoms with Crippen LogP contribution in [-0.2, 0) is 4.79 Å². The van der Waals surface area contributed by atoms with E-state index in [0.29, 0.717) is 16.7 Å². The molecule has 5 nitrogen and oxygen atoms in total. The van der Waals surface area contributed by atoms with Crippen LogP contribution in [0, 0.1) is 0 Å². The van der Waals surface area contributed by atoms with Gasteiger partial charge in [-0.3, -0.25) is 14.5 Å². The van der Waals surface area contributed by atoms with Gasteiger partial charge in [0.25, 0.3) is 11.8 Å². The van der Waals surface area contributed by atoms with Crippen LogP contribution in [0.15, 0.2) is 35.9 Å². The van der Waals surface area contributed by atoms with Crippen LogP contribution in [-0.4, -0.2) is 34.3 Å². The van der Waals surface area contributed by atoms with Gasteiger partial charge in [0.15, 0.2) is 0 Å². The predicted octanol–water partition coefficient (Wildman–Crippen LogP) is 1.31. The number of hydrogen-bond acceptors (Lipinski definition) is 3. The molecule has 2 rings (SSSR count). The second kappa shape index (κ2) is 4.44. The number of nitrogens with zero attached hydrogens (tertiary/aromatic N) is 1. The zero-order chi connectivity index (χ0) is 13.3. The Bertz CT molecular complexity index is 539. The maximum atomic E-state index is 12.0. The van der Waals surface area contributed by atoms with E-state index in [-0.39, 0.29) is 18.4 Å². The third-order valence-corrected chi connectivity index (χ3v) is 2.66. The lowest BCUT2D eigenvalue weighted by atomic mass is 10.1. The summed E-state index contributed by atoms with van der Waals surface area (Å²) in [7, 11) is 0. The van der Waals surface area contributed by atoms with Crippen LogP contribution < -0.4 is 0 Å². The van der Waals surface area contributed by atoms with Gasteiger partial charge in [-0.25, -0.2) is 4.79 Å². The zero-order valence-electron chi connectivity index (χ0n) is 9.71. The first-order valence-corrected chi connectivity index (χ1v) is 5.36. The van der Waals surface area contributed by atoms with Crippen LogP contribution in [0.25, 0.3) is 0 Å². The van der Waals surface area contributed by atoms with Gasteiger partial charge < -0.3 is 5.11 Å². The molecule has 0 bridgehead atoms. The molecule has 18 heavy (non-hydrogen) atoms. The minimum absolute atomic E-state index is 0.00134. The van der Waals surface area contributed by atoms with E-state index < -0.39 is 5.97 Å². The smallest absolute Gasteiger partial charge is 0.328 e. The van der Waals surface area contributed by atoms with Crippen LogP contribution in [0.5, 0.6) is 0 Å². The number of carbonyl (C=O) groups is 3. The highest BCUT2D eigenvalue weighted by atomic mass is 16.4. The van der Waals surface area contributed by atoms with E-state index in [4.69, 9.17) is 5.11 Å². The molecule has 1 aliphatic heterocycles. The number of rotatable bonds is 3. The molecule has 0 spiro atoms. The molecule has 1 aliphatic rings. The molecule has 0 unspecified atom stereocenters. The van der Waals surface area contributed by atoms with Crippen molar-refractivity contribution in [2.24, 2.45) is 0 Å². The van der Waals surface area contributed by atoms with Gasteiger partial charge in [0.2, 0.25) is 0 Å². The van der Waals surface area contributed by atoms with Crippen LogP contribution in [0.2, 0.25) is 0 Å². The molecule has 92 valence electrons. The highest BCUT2D eigenvalue weighted by molar-refractivity contribution is 6.21. The molecule has 0 saturated carbocycles. The van der Waals surface area contributed by atoms with Gasteiger partial charge in [0.05, 0.1) is 17.7 Å². The van der Waals surface area contributed by atoms with Gasteiger partial charge in [0, 0.05) is 6.08 Å². The number of aliphatic carboxylic acids is 1. The van der Waals surface area contributed by atoms with Crippen LogP contribution >= 0.6 is 0 Å². The van der Waals surface area contributed by atoms with Crippen molar-refractivity contribution in [2.75, 3.05) is 6.54 Å².